The maximum absolute atomic E-state index is 6.14. The van der Waals surface area contributed by atoms with E-state index in [1.807, 2.05) is 22.8 Å². The van der Waals surface area contributed by atoms with E-state index in [0.29, 0.717) is 23.5 Å². The van der Waals surface area contributed by atoms with Crippen LogP contribution in [-0.2, 0) is 4.74 Å². The molecule has 0 radical (unpaired) electrons. The molecule has 0 saturated heterocycles. The summed E-state index contributed by atoms with van der Waals surface area (Å²) in [6.07, 6.45) is 0. The molecular weight excluding hydrogens is 250 g/mol. The Balaban J connectivity index is 2.62. The average Bonchev–Trinajstić information content (AvgIpc) is 2.64. The SMILES string of the molecule is COCC(C(C)C)n1c(N)nc2c(Cl)cccc21. The molecule has 1 heterocycles. The summed E-state index contributed by atoms with van der Waals surface area (Å²) in [7, 11) is 1.69. The van der Waals surface area contributed by atoms with Crippen molar-refractivity contribution in [2.75, 3.05) is 19.5 Å². The number of ether oxygens (including phenoxy) is 1. The smallest absolute Gasteiger partial charge is 0.201 e. The molecular formula is C13H18ClN3O. The summed E-state index contributed by atoms with van der Waals surface area (Å²) in [4.78, 5) is 4.35. The molecule has 4 nitrogen and oxygen atoms in total. The highest BCUT2D eigenvalue weighted by atomic mass is 35.5. The lowest BCUT2D eigenvalue weighted by Gasteiger charge is -2.23. The van der Waals surface area contributed by atoms with E-state index in [9.17, 15) is 0 Å². The van der Waals surface area contributed by atoms with E-state index in [0.717, 1.165) is 11.0 Å². The molecule has 2 aromatic rings. The van der Waals surface area contributed by atoms with Gasteiger partial charge in [0.15, 0.2) is 0 Å². The van der Waals surface area contributed by atoms with Gasteiger partial charge in [0.25, 0.3) is 0 Å². The molecule has 0 aliphatic carbocycles. The molecule has 0 saturated carbocycles. The maximum Gasteiger partial charge on any atom is 0.201 e. The van der Waals surface area contributed by atoms with E-state index in [-0.39, 0.29) is 6.04 Å². The molecule has 0 fully saturated rings. The van der Waals surface area contributed by atoms with Gasteiger partial charge in [-0.3, -0.25) is 0 Å². The van der Waals surface area contributed by atoms with E-state index in [1.54, 1.807) is 7.11 Å². The van der Waals surface area contributed by atoms with Crippen LogP contribution in [0.5, 0.6) is 0 Å². The Hall–Kier alpha value is -1.26. The molecule has 0 bridgehead atoms. The Morgan fingerprint density at radius 1 is 1.44 bits per heavy atom. The number of aromatic nitrogens is 2. The second kappa shape index (κ2) is 5.16. The number of benzene rings is 1. The molecule has 1 atom stereocenters. The summed E-state index contributed by atoms with van der Waals surface area (Å²) in [5.74, 6) is 0.873. The van der Waals surface area contributed by atoms with Crippen molar-refractivity contribution in [3.05, 3.63) is 23.2 Å². The van der Waals surface area contributed by atoms with Crippen LogP contribution >= 0.6 is 11.6 Å². The van der Waals surface area contributed by atoms with Crippen molar-refractivity contribution in [1.29, 1.82) is 0 Å². The van der Waals surface area contributed by atoms with Crippen LogP contribution in [0.3, 0.4) is 0 Å². The molecule has 5 heteroatoms. The molecule has 2 rings (SSSR count). The number of nitrogens with zero attached hydrogens (tertiary/aromatic N) is 2. The number of para-hydroxylation sites is 1. The second-order valence-corrected chi connectivity index (χ2v) is 5.12. The van der Waals surface area contributed by atoms with Crippen molar-refractivity contribution in [1.82, 2.24) is 9.55 Å². The molecule has 0 amide bonds. The van der Waals surface area contributed by atoms with Crippen molar-refractivity contribution >= 4 is 28.6 Å². The van der Waals surface area contributed by atoms with Gasteiger partial charge >= 0.3 is 0 Å². The molecule has 98 valence electrons. The van der Waals surface area contributed by atoms with Crippen molar-refractivity contribution < 1.29 is 4.74 Å². The first kappa shape index (κ1) is 13.2. The summed E-state index contributed by atoms with van der Waals surface area (Å²) in [5.41, 5.74) is 7.73. The lowest BCUT2D eigenvalue weighted by Crippen LogP contribution is -2.21. The topological polar surface area (TPSA) is 53.1 Å². The third-order valence-electron chi connectivity index (χ3n) is 3.14. The number of nitrogen functional groups attached to an aromatic ring is 1. The highest BCUT2D eigenvalue weighted by molar-refractivity contribution is 6.35. The maximum atomic E-state index is 6.14. The Morgan fingerprint density at radius 3 is 2.78 bits per heavy atom. The fourth-order valence-corrected chi connectivity index (χ4v) is 2.40. The predicted molar refractivity (Wildman–Crippen MR) is 74.9 cm³/mol. The molecule has 0 spiro atoms. The van der Waals surface area contributed by atoms with Crippen molar-refractivity contribution in [2.24, 2.45) is 5.92 Å². The molecule has 0 aliphatic rings. The van der Waals surface area contributed by atoms with Gasteiger partial charge in [0.2, 0.25) is 5.95 Å². The van der Waals surface area contributed by atoms with Gasteiger partial charge in [0, 0.05) is 7.11 Å². The van der Waals surface area contributed by atoms with Crippen molar-refractivity contribution in [2.45, 2.75) is 19.9 Å². The van der Waals surface area contributed by atoms with Crippen molar-refractivity contribution in [3.8, 4) is 0 Å². The monoisotopic (exact) mass is 267 g/mol. The molecule has 18 heavy (non-hydrogen) atoms. The summed E-state index contributed by atoms with van der Waals surface area (Å²) >= 11 is 6.14. The third kappa shape index (κ3) is 2.18. The lowest BCUT2D eigenvalue weighted by molar-refractivity contribution is 0.136. The fraction of sp³-hybridized carbons (Fsp3) is 0.462. The number of hydrogen-bond donors (Lipinski definition) is 1. The minimum Gasteiger partial charge on any atom is -0.383 e. The minimum atomic E-state index is 0.151. The van der Waals surface area contributed by atoms with Crippen LogP contribution in [0.25, 0.3) is 11.0 Å². The Morgan fingerprint density at radius 2 is 2.17 bits per heavy atom. The van der Waals surface area contributed by atoms with Gasteiger partial charge in [-0.05, 0) is 18.1 Å². The highest BCUT2D eigenvalue weighted by Crippen LogP contribution is 2.30. The van der Waals surface area contributed by atoms with E-state index in [4.69, 9.17) is 22.1 Å². The normalized spacial score (nSPS) is 13.4. The van der Waals surface area contributed by atoms with Gasteiger partial charge < -0.3 is 15.0 Å². The number of anilines is 1. The number of imidazole rings is 1. The summed E-state index contributed by atoms with van der Waals surface area (Å²) in [6, 6.07) is 5.86. The minimum absolute atomic E-state index is 0.151. The third-order valence-corrected chi connectivity index (χ3v) is 3.44. The van der Waals surface area contributed by atoms with Gasteiger partial charge in [-0.2, -0.15) is 0 Å². The zero-order valence-electron chi connectivity index (χ0n) is 10.9. The Bertz CT molecular complexity index is 550. The lowest BCUT2D eigenvalue weighted by atomic mass is 10.0. The van der Waals surface area contributed by atoms with Crippen LogP contribution in [0.2, 0.25) is 5.02 Å². The van der Waals surface area contributed by atoms with Gasteiger partial charge in [0.1, 0.15) is 5.52 Å². The molecule has 1 aromatic carbocycles. The van der Waals surface area contributed by atoms with Gasteiger partial charge in [-0.15, -0.1) is 0 Å². The van der Waals surface area contributed by atoms with Gasteiger partial charge in [-0.25, -0.2) is 4.98 Å². The average molecular weight is 268 g/mol. The van der Waals surface area contributed by atoms with E-state index < -0.39 is 0 Å². The zero-order valence-corrected chi connectivity index (χ0v) is 11.6. The number of nitrogens with two attached hydrogens (primary N) is 1. The molecule has 0 aliphatic heterocycles. The molecule has 1 unspecified atom stereocenters. The number of halogens is 1. The van der Waals surface area contributed by atoms with E-state index >= 15 is 0 Å². The fourth-order valence-electron chi connectivity index (χ4n) is 2.19. The standard InChI is InChI=1S/C13H18ClN3O/c1-8(2)11(7-18-3)17-10-6-4-5-9(14)12(10)16-13(17)15/h4-6,8,11H,7H2,1-3H3,(H2,15,16). The first-order valence-electron chi connectivity index (χ1n) is 5.97. The molecule has 1 aromatic heterocycles. The summed E-state index contributed by atoms with van der Waals surface area (Å²) in [5, 5.41) is 0.623. The number of rotatable bonds is 4. The summed E-state index contributed by atoms with van der Waals surface area (Å²) in [6.45, 7) is 4.87. The first-order valence-corrected chi connectivity index (χ1v) is 6.35. The number of fused-ring (bicyclic) bond motifs is 1. The van der Waals surface area contributed by atoms with Crippen LogP contribution in [0.4, 0.5) is 5.95 Å². The summed E-state index contributed by atoms with van der Waals surface area (Å²) < 4.78 is 7.30. The quantitative estimate of drug-likeness (QED) is 0.926. The largest absolute Gasteiger partial charge is 0.383 e. The second-order valence-electron chi connectivity index (χ2n) is 4.71. The van der Waals surface area contributed by atoms with Gasteiger partial charge in [-0.1, -0.05) is 31.5 Å². The zero-order chi connectivity index (χ0) is 13.3. The van der Waals surface area contributed by atoms with Gasteiger partial charge in [0.05, 0.1) is 23.2 Å². The van der Waals surface area contributed by atoms with Crippen LogP contribution < -0.4 is 5.73 Å². The van der Waals surface area contributed by atoms with E-state index in [2.05, 4.69) is 18.8 Å². The number of hydrogen-bond acceptors (Lipinski definition) is 3. The number of methoxy groups -OCH3 is 1. The van der Waals surface area contributed by atoms with Crippen LogP contribution in [-0.4, -0.2) is 23.3 Å². The van der Waals surface area contributed by atoms with Crippen LogP contribution in [0, 0.1) is 5.92 Å². The van der Waals surface area contributed by atoms with E-state index in [1.165, 1.54) is 0 Å². The van der Waals surface area contributed by atoms with Crippen molar-refractivity contribution in [3.63, 3.8) is 0 Å². The first-order chi connectivity index (χ1) is 8.56. The molecule has 2 N–H and O–H groups in total. The Labute approximate surface area is 112 Å². The predicted octanol–water partition coefficient (Wildman–Crippen LogP) is 3.12. The highest BCUT2D eigenvalue weighted by Gasteiger charge is 2.21. The Kier molecular flexibility index (Phi) is 3.78. The van der Waals surface area contributed by atoms with Crippen LogP contribution in [0.15, 0.2) is 18.2 Å². The van der Waals surface area contributed by atoms with Crippen LogP contribution in [0.1, 0.15) is 19.9 Å².